The lowest BCUT2D eigenvalue weighted by Crippen LogP contribution is -2.27. The van der Waals surface area contributed by atoms with Crippen LogP contribution in [0.5, 0.6) is 0 Å². The van der Waals surface area contributed by atoms with E-state index in [4.69, 9.17) is 114 Å². The summed E-state index contributed by atoms with van der Waals surface area (Å²) in [5.74, 6) is -3.25. The second-order valence-corrected chi connectivity index (χ2v) is 29.0. The van der Waals surface area contributed by atoms with Crippen LogP contribution in [0.2, 0.25) is 40.2 Å². The molecule has 0 amide bonds. The number of nitrogens with two attached hydrogens (primary N) is 2. The highest BCUT2D eigenvalue weighted by molar-refractivity contribution is 9.25. The SMILES string of the molecule is CCOC(=O)C(C(=O)OCC)c1ncc(Cl)cc1[N+](=O)[O-].CCOC(=O)Cc1ncc(Cl)cc1[N+](=O)[O-].Nc1ccc(Cl)cn1.Nc1ncc(Cl)cc1[N+](=O)[O-].O=C1Cc2cc(Cl)c(Br)nc2C1.O=C1Cc2cc(Cl)c(Br)nc2C1(Br)Br.O=C1Cc2cc(Cl)cnc2C1.O=[N+]([O-])c1cc(Cl)cnc1Br. The minimum atomic E-state index is -1.62. The number of rotatable bonds is 12. The van der Waals surface area contributed by atoms with Crippen LogP contribution in [-0.2, 0) is 84.7 Å². The highest BCUT2D eigenvalue weighted by atomic mass is 79.9. The van der Waals surface area contributed by atoms with Crippen LogP contribution in [0.25, 0.3) is 0 Å². The monoisotopic (exact) mass is 1910 g/mol. The van der Waals surface area contributed by atoms with Gasteiger partial charge in [-0.2, -0.15) is 0 Å². The molecule has 31 nitrogen and oxygen atoms in total. The fraction of sp³-hybridized carbons (Fsp3) is 0.233. The van der Waals surface area contributed by atoms with Crippen molar-refractivity contribution in [1.29, 1.82) is 0 Å². The fourth-order valence-corrected chi connectivity index (χ4v) is 11.3. The lowest BCUT2D eigenvalue weighted by molar-refractivity contribution is -0.386. The number of hydrogen-bond donors (Lipinski definition) is 2. The first-order valence-corrected chi connectivity index (χ1v) is 35.5. The summed E-state index contributed by atoms with van der Waals surface area (Å²) in [6, 6.07) is 13.3. The number of esters is 3. The summed E-state index contributed by atoms with van der Waals surface area (Å²) in [6.07, 6.45) is 10.1. The van der Waals surface area contributed by atoms with Crippen molar-refractivity contribution in [2.75, 3.05) is 31.3 Å². The molecular weight excluding hydrogens is 1870 g/mol. The Morgan fingerprint density at radius 2 is 0.942 bits per heavy atom. The van der Waals surface area contributed by atoms with Gasteiger partial charge in [0.1, 0.15) is 38.0 Å². The predicted octanol–water partition coefficient (Wildman–Crippen LogP) is 15.7. The summed E-state index contributed by atoms with van der Waals surface area (Å²) in [4.78, 5) is 139. The van der Waals surface area contributed by atoms with Crippen LogP contribution < -0.4 is 11.5 Å². The Bertz CT molecular complexity index is 4440. The van der Waals surface area contributed by atoms with Gasteiger partial charge in [0.2, 0.25) is 11.7 Å². The minimum Gasteiger partial charge on any atom is -0.466 e. The molecule has 11 rings (SSSR count). The van der Waals surface area contributed by atoms with E-state index in [2.05, 4.69) is 124 Å². The molecule has 0 radical (unpaired) electrons. The van der Waals surface area contributed by atoms with E-state index in [1.807, 2.05) is 6.07 Å². The number of carbonyl (C=O) groups is 6. The van der Waals surface area contributed by atoms with E-state index in [0.717, 1.165) is 52.5 Å². The fourth-order valence-electron chi connectivity index (χ4n) is 8.11. The van der Waals surface area contributed by atoms with Crippen LogP contribution >= 0.6 is 172 Å². The first-order valence-electron chi connectivity index (χ1n) is 28.5. The summed E-state index contributed by atoms with van der Waals surface area (Å²) in [7, 11) is 0. The van der Waals surface area contributed by atoms with E-state index in [-0.39, 0.29) is 103 Å². The number of ketones is 3. The van der Waals surface area contributed by atoms with E-state index >= 15 is 0 Å². The van der Waals surface area contributed by atoms with Crippen molar-refractivity contribution >= 4 is 242 Å². The molecule has 8 aromatic rings. The number of aromatic nitrogens is 8. The molecule has 0 aliphatic heterocycles. The zero-order chi connectivity index (χ0) is 78.0. The molecule has 550 valence electrons. The standard InChI is InChI=1S/C12H13ClN2O6.C9H9ClN2O4.C8H3Br3ClNO.C8H5BrClNO.C8H6ClNO.C5H2BrClN2O2.C5H4ClN3O2.C5H5ClN2/c1-3-20-11(16)9(12(17)21-4-2)10-8(15(18)19)5-7(13)6-14-10;1-2-16-9(13)4-7-8(12(14)15)3-6(10)5-11-7;9-7-4(12)1-3-2-5(14)8(10,11)6(3)13-7;9-8-6(10)2-4-1-5(12)3-7(4)11-8;9-6-1-5-2-7(11)3-8(5)10-4-6;6-5-4(9(10)11)1-3(7)2-8-5;6-3-1-4(9(10)11)5(7)8-2-3;6-4-1-2-5(7)8-3-4/h5-6,9H,3-4H2,1-2H3;3,5H,2,4H2,1H3;1H,2H2;2H,1,3H2;1,4H,2-3H2;1-2H;1-2H,(H2,7,8);1-3H,(H2,7,8). The Morgan fingerprint density at radius 1 is 0.500 bits per heavy atom. The molecule has 3 aliphatic carbocycles. The zero-order valence-corrected chi connectivity index (χ0v) is 67.0. The van der Waals surface area contributed by atoms with Crippen molar-refractivity contribution < 1.29 is 62.7 Å². The number of Topliss-reactive ketones (excluding diaryl/α,β-unsaturated/α-hetero) is 3. The Morgan fingerprint density at radius 3 is 1.44 bits per heavy atom. The molecule has 8 aromatic heterocycles. The number of pyridine rings is 8. The number of alkyl halides is 2. The van der Waals surface area contributed by atoms with Crippen LogP contribution in [0.3, 0.4) is 0 Å². The van der Waals surface area contributed by atoms with Crippen LogP contribution in [0.1, 0.15) is 71.8 Å². The molecular formula is C60H47Br5Cl8N14O17. The first kappa shape index (κ1) is 88.9. The molecule has 4 N–H and O–H groups in total. The highest BCUT2D eigenvalue weighted by Crippen LogP contribution is 2.47. The van der Waals surface area contributed by atoms with Crippen LogP contribution in [0.4, 0.5) is 34.4 Å². The molecule has 0 spiro atoms. The van der Waals surface area contributed by atoms with E-state index in [1.54, 1.807) is 51.2 Å². The second-order valence-electron chi connectivity index (χ2n) is 19.9. The number of anilines is 2. The Kier molecular flexibility index (Phi) is 36.5. The lowest BCUT2D eigenvalue weighted by Gasteiger charge is -2.14. The molecule has 0 saturated heterocycles. The number of halogens is 13. The van der Waals surface area contributed by atoms with Crippen molar-refractivity contribution in [3.05, 3.63) is 231 Å². The Hall–Kier alpha value is -7.46. The van der Waals surface area contributed by atoms with E-state index in [0.29, 0.717) is 72.9 Å². The second kappa shape index (κ2) is 42.6. The van der Waals surface area contributed by atoms with E-state index in [9.17, 15) is 69.2 Å². The quantitative estimate of drug-likeness (QED) is 0.0218. The summed E-state index contributed by atoms with van der Waals surface area (Å²) in [6.45, 7) is 4.99. The largest absolute Gasteiger partial charge is 0.466 e. The maximum Gasteiger partial charge on any atom is 0.326 e. The van der Waals surface area contributed by atoms with Crippen molar-refractivity contribution in [3.63, 3.8) is 0 Å². The zero-order valence-electron chi connectivity index (χ0n) is 53.0. The average Bonchev–Trinajstić information content (AvgIpc) is 1.61. The van der Waals surface area contributed by atoms with Gasteiger partial charge in [0, 0.05) is 93.6 Å². The van der Waals surface area contributed by atoms with Crippen LogP contribution in [-0.4, -0.2) is 115 Å². The summed E-state index contributed by atoms with van der Waals surface area (Å²) >= 11 is 61.0. The first-order chi connectivity index (χ1) is 48.8. The maximum atomic E-state index is 11.9. The molecule has 0 atom stereocenters. The van der Waals surface area contributed by atoms with Gasteiger partial charge < -0.3 is 25.7 Å². The number of nitro groups is 4. The van der Waals surface area contributed by atoms with Crippen LogP contribution in [0.15, 0.2) is 106 Å². The third-order valence-corrected chi connectivity index (χ3v) is 18.3. The highest BCUT2D eigenvalue weighted by Gasteiger charge is 2.44. The third-order valence-electron chi connectivity index (χ3n) is 12.5. The van der Waals surface area contributed by atoms with Gasteiger partial charge in [0.15, 0.2) is 13.6 Å². The maximum absolute atomic E-state index is 11.9. The number of fused-ring (bicyclic) bond motifs is 3. The summed E-state index contributed by atoms with van der Waals surface area (Å²) < 4.78 is 14.7. The number of nitrogen functional groups attached to an aromatic ring is 2. The molecule has 0 unspecified atom stereocenters. The molecule has 8 heterocycles. The van der Waals surface area contributed by atoms with Gasteiger partial charge >= 0.3 is 29.3 Å². The van der Waals surface area contributed by atoms with Gasteiger partial charge in [-0.3, -0.25) is 84.2 Å². The van der Waals surface area contributed by atoms with E-state index < -0.39 is 52.4 Å². The number of carbonyl (C=O) groups excluding carboxylic acids is 6. The van der Waals surface area contributed by atoms with Crippen LogP contribution in [0, 0.1) is 40.5 Å². The normalized spacial score (nSPS) is 12.1. The number of ether oxygens (including phenoxy) is 3. The molecule has 3 aliphatic rings. The Labute approximate surface area is 669 Å². The minimum absolute atomic E-state index is 0.0100. The van der Waals surface area contributed by atoms with Gasteiger partial charge in [-0.15, -0.1) is 0 Å². The number of hydrogen-bond acceptors (Lipinski definition) is 27. The molecule has 104 heavy (non-hydrogen) atoms. The molecule has 0 saturated carbocycles. The van der Waals surface area contributed by atoms with Gasteiger partial charge in [-0.1, -0.05) is 125 Å². The van der Waals surface area contributed by atoms with E-state index in [1.165, 1.54) is 30.9 Å². The topological polar surface area (TPSA) is 458 Å². The lowest BCUT2D eigenvalue weighted by atomic mass is 10.0. The smallest absolute Gasteiger partial charge is 0.326 e. The average molecular weight is 1920 g/mol. The van der Waals surface area contributed by atoms with Crippen molar-refractivity contribution in [2.24, 2.45) is 0 Å². The van der Waals surface area contributed by atoms with Crippen molar-refractivity contribution in [3.8, 4) is 0 Å². The van der Waals surface area contributed by atoms with Crippen molar-refractivity contribution in [1.82, 2.24) is 39.9 Å². The molecule has 0 fully saturated rings. The summed E-state index contributed by atoms with van der Waals surface area (Å²) in [5, 5.41) is 45.1. The van der Waals surface area contributed by atoms with Gasteiger partial charge in [-0.05, 0) is 116 Å². The molecule has 44 heteroatoms. The number of nitrogens with zero attached hydrogens (tertiary/aromatic N) is 12. The van der Waals surface area contributed by atoms with Gasteiger partial charge in [-0.25, -0.2) is 24.9 Å². The summed E-state index contributed by atoms with van der Waals surface area (Å²) in [5.41, 5.74) is 14.1. The van der Waals surface area contributed by atoms with Crippen molar-refractivity contribution in [2.45, 2.75) is 68.4 Å². The molecule has 0 aromatic carbocycles. The van der Waals surface area contributed by atoms with Gasteiger partial charge in [0.25, 0.3) is 11.4 Å². The Balaban J connectivity index is 0.000000255. The predicted molar refractivity (Wildman–Crippen MR) is 402 cm³/mol. The third kappa shape index (κ3) is 27.8. The molecule has 0 bridgehead atoms. The van der Waals surface area contributed by atoms with Gasteiger partial charge in [0.05, 0.1) is 103 Å².